The molecule has 0 spiro atoms. The summed E-state index contributed by atoms with van der Waals surface area (Å²) in [4.78, 5) is 25.9. The maximum atomic E-state index is 10.9. The normalized spacial score (nSPS) is 11.8. The summed E-state index contributed by atoms with van der Waals surface area (Å²) in [6.45, 7) is 3.66. The molecule has 1 heterocycles. The van der Waals surface area contributed by atoms with Gasteiger partial charge in [0.1, 0.15) is 11.5 Å². The van der Waals surface area contributed by atoms with Crippen LogP contribution in [0.15, 0.2) is 35.5 Å². The first-order valence-electron chi connectivity index (χ1n) is 7.44. The van der Waals surface area contributed by atoms with Gasteiger partial charge in [-0.25, -0.2) is 4.57 Å². The Morgan fingerprint density at radius 2 is 1.96 bits per heavy atom. The van der Waals surface area contributed by atoms with Gasteiger partial charge in [-0.2, -0.15) is 0 Å². The van der Waals surface area contributed by atoms with Crippen LogP contribution in [0.1, 0.15) is 23.7 Å². The number of phosphoric acid groups is 1. The van der Waals surface area contributed by atoms with Crippen LogP contribution in [0, 0.1) is 6.92 Å². The van der Waals surface area contributed by atoms with Crippen LogP contribution < -0.4 is 4.74 Å². The Kier molecular flexibility index (Phi) is 6.27. The molecular formula is C16H19N2O6P. The van der Waals surface area contributed by atoms with Gasteiger partial charge in [-0.1, -0.05) is 0 Å². The predicted molar refractivity (Wildman–Crippen MR) is 92.3 cm³/mol. The SMILES string of the molecule is CCOc1ccc(N=Cc2c(COP(=O)(O)O)cnc(C)c2O)cc1. The molecule has 0 saturated heterocycles. The summed E-state index contributed by atoms with van der Waals surface area (Å²) in [5, 5.41) is 10.2. The number of ether oxygens (including phenoxy) is 1. The number of rotatable bonds is 7. The molecule has 0 amide bonds. The van der Waals surface area contributed by atoms with E-state index in [2.05, 4.69) is 14.5 Å². The van der Waals surface area contributed by atoms with Gasteiger partial charge in [-0.3, -0.25) is 14.5 Å². The zero-order chi connectivity index (χ0) is 18.4. The number of aromatic nitrogens is 1. The monoisotopic (exact) mass is 366 g/mol. The molecule has 9 heteroatoms. The van der Waals surface area contributed by atoms with E-state index < -0.39 is 14.4 Å². The Hall–Kier alpha value is -2.25. The topological polar surface area (TPSA) is 121 Å². The van der Waals surface area contributed by atoms with E-state index >= 15 is 0 Å². The van der Waals surface area contributed by atoms with Gasteiger partial charge >= 0.3 is 7.82 Å². The van der Waals surface area contributed by atoms with Crippen molar-refractivity contribution in [3.63, 3.8) is 0 Å². The second-order valence-corrected chi connectivity index (χ2v) is 6.32. The number of aromatic hydroxyl groups is 1. The fourth-order valence-corrected chi connectivity index (χ4v) is 2.31. The third-order valence-corrected chi connectivity index (χ3v) is 3.70. The lowest BCUT2D eigenvalue weighted by Gasteiger charge is -2.10. The van der Waals surface area contributed by atoms with E-state index in [-0.39, 0.29) is 11.3 Å². The average molecular weight is 366 g/mol. The highest BCUT2D eigenvalue weighted by molar-refractivity contribution is 7.46. The van der Waals surface area contributed by atoms with E-state index in [1.54, 1.807) is 31.2 Å². The minimum atomic E-state index is -4.64. The molecule has 2 aromatic rings. The Morgan fingerprint density at radius 3 is 2.56 bits per heavy atom. The van der Waals surface area contributed by atoms with Crippen molar-refractivity contribution in [3.8, 4) is 11.5 Å². The fraction of sp³-hybridized carbons (Fsp3) is 0.250. The molecule has 0 unspecified atom stereocenters. The molecule has 3 N–H and O–H groups in total. The molecule has 0 aliphatic rings. The van der Waals surface area contributed by atoms with Gasteiger partial charge < -0.3 is 19.6 Å². The first kappa shape index (κ1) is 19.1. The van der Waals surface area contributed by atoms with Crippen molar-refractivity contribution in [2.45, 2.75) is 20.5 Å². The molecule has 0 saturated carbocycles. The predicted octanol–water partition coefficient (Wildman–Crippen LogP) is 2.85. The van der Waals surface area contributed by atoms with Gasteiger partial charge in [0.05, 0.1) is 24.6 Å². The lowest BCUT2D eigenvalue weighted by atomic mass is 10.1. The van der Waals surface area contributed by atoms with Gasteiger partial charge in [0, 0.05) is 23.5 Å². The zero-order valence-corrected chi connectivity index (χ0v) is 14.7. The van der Waals surface area contributed by atoms with Gasteiger partial charge in [0.25, 0.3) is 0 Å². The van der Waals surface area contributed by atoms with Crippen molar-refractivity contribution in [1.82, 2.24) is 4.98 Å². The summed E-state index contributed by atoms with van der Waals surface area (Å²) in [5.41, 5.74) is 1.59. The molecule has 0 bridgehead atoms. The van der Waals surface area contributed by atoms with E-state index in [0.29, 0.717) is 23.6 Å². The van der Waals surface area contributed by atoms with Gasteiger partial charge in [-0.05, 0) is 38.1 Å². The highest BCUT2D eigenvalue weighted by Crippen LogP contribution is 2.37. The van der Waals surface area contributed by atoms with Crippen molar-refractivity contribution in [1.29, 1.82) is 0 Å². The van der Waals surface area contributed by atoms with Crippen molar-refractivity contribution in [2.24, 2.45) is 4.99 Å². The molecule has 0 fully saturated rings. The first-order valence-corrected chi connectivity index (χ1v) is 8.97. The molecule has 25 heavy (non-hydrogen) atoms. The molecular weight excluding hydrogens is 347 g/mol. The lowest BCUT2D eigenvalue weighted by molar-refractivity contribution is 0.188. The average Bonchev–Trinajstić information content (AvgIpc) is 2.56. The van der Waals surface area contributed by atoms with E-state index in [9.17, 15) is 9.67 Å². The van der Waals surface area contributed by atoms with E-state index in [0.717, 1.165) is 5.75 Å². The highest BCUT2D eigenvalue weighted by atomic mass is 31.2. The number of pyridine rings is 1. The minimum absolute atomic E-state index is 0.124. The standard InChI is InChI=1S/C16H19N2O6P/c1-3-23-14-6-4-13(5-7-14)18-9-15-12(10-24-25(20,21)22)8-17-11(2)16(15)19/h4-9,19H,3,10H2,1-2H3,(H2,20,21,22). The smallest absolute Gasteiger partial charge is 0.469 e. The second kappa shape index (κ2) is 8.22. The summed E-state index contributed by atoms with van der Waals surface area (Å²) in [6.07, 6.45) is 2.78. The summed E-state index contributed by atoms with van der Waals surface area (Å²) in [6, 6.07) is 7.04. The fourth-order valence-electron chi connectivity index (χ4n) is 2.00. The zero-order valence-electron chi connectivity index (χ0n) is 13.8. The molecule has 0 aliphatic carbocycles. The lowest BCUT2D eigenvalue weighted by Crippen LogP contribution is -2.00. The molecule has 1 aromatic heterocycles. The van der Waals surface area contributed by atoms with Crippen molar-refractivity contribution < 1.29 is 28.7 Å². The van der Waals surface area contributed by atoms with Crippen LogP contribution in [0.5, 0.6) is 11.5 Å². The Balaban J connectivity index is 2.27. The first-order chi connectivity index (χ1) is 11.8. The van der Waals surface area contributed by atoms with Gasteiger partial charge in [-0.15, -0.1) is 0 Å². The largest absolute Gasteiger partial charge is 0.505 e. The Labute approximate surface area is 145 Å². The second-order valence-electron chi connectivity index (χ2n) is 5.08. The van der Waals surface area contributed by atoms with E-state index in [1.807, 2.05) is 6.92 Å². The number of aryl methyl sites for hydroxylation is 1. The third kappa shape index (κ3) is 5.65. The van der Waals surface area contributed by atoms with Crippen LogP contribution in [-0.2, 0) is 15.7 Å². The molecule has 0 aliphatic heterocycles. The number of aliphatic imine (C=N–C) groups is 1. The van der Waals surface area contributed by atoms with Crippen LogP contribution in [0.4, 0.5) is 5.69 Å². The molecule has 2 rings (SSSR count). The maximum absolute atomic E-state index is 10.9. The van der Waals surface area contributed by atoms with E-state index in [1.165, 1.54) is 12.4 Å². The summed E-state index contributed by atoms with van der Waals surface area (Å²) < 4.78 is 20.7. The minimum Gasteiger partial charge on any atom is -0.505 e. The van der Waals surface area contributed by atoms with Gasteiger partial charge in [0.2, 0.25) is 0 Å². The highest BCUT2D eigenvalue weighted by Gasteiger charge is 2.17. The third-order valence-electron chi connectivity index (χ3n) is 3.24. The number of benzene rings is 1. The van der Waals surface area contributed by atoms with Crippen LogP contribution >= 0.6 is 7.82 Å². The number of nitrogens with zero attached hydrogens (tertiary/aromatic N) is 2. The molecule has 0 radical (unpaired) electrons. The summed E-state index contributed by atoms with van der Waals surface area (Å²) >= 11 is 0. The number of hydrogen-bond donors (Lipinski definition) is 3. The van der Waals surface area contributed by atoms with Crippen LogP contribution in [0.2, 0.25) is 0 Å². The molecule has 1 aromatic carbocycles. The van der Waals surface area contributed by atoms with Gasteiger partial charge in [0.15, 0.2) is 0 Å². The van der Waals surface area contributed by atoms with Crippen LogP contribution in [0.3, 0.4) is 0 Å². The van der Waals surface area contributed by atoms with Crippen LogP contribution in [0.25, 0.3) is 0 Å². The van der Waals surface area contributed by atoms with Crippen molar-refractivity contribution in [2.75, 3.05) is 6.61 Å². The van der Waals surface area contributed by atoms with Crippen molar-refractivity contribution >= 4 is 19.7 Å². The molecule has 134 valence electrons. The number of phosphoric ester groups is 1. The molecule has 0 atom stereocenters. The summed E-state index contributed by atoms with van der Waals surface area (Å²) in [5.74, 6) is 0.598. The van der Waals surface area contributed by atoms with E-state index in [4.69, 9.17) is 14.5 Å². The Morgan fingerprint density at radius 1 is 1.28 bits per heavy atom. The summed E-state index contributed by atoms with van der Waals surface area (Å²) in [7, 11) is -4.64. The Bertz CT molecular complexity index is 801. The van der Waals surface area contributed by atoms with Crippen molar-refractivity contribution in [3.05, 3.63) is 47.3 Å². The maximum Gasteiger partial charge on any atom is 0.469 e. The quantitative estimate of drug-likeness (QED) is 0.509. The number of hydrogen-bond acceptors (Lipinski definition) is 6. The molecule has 8 nitrogen and oxygen atoms in total. The van der Waals surface area contributed by atoms with Crippen LogP contribution in [-0.4, -0.2) is 32.7 Å².